The molecule has 2 heterocycles. The van der Waals surface area contributed by atoms with Crippen LogP contribution in [0.15, 0.2) is 53.3 Å². The smallest absolute Gasteiger partial charge is 0.274 e. The molecule has 4 rings (SSSR count). The Balaban J connectivity index is 1.58. The van der Waals surface area contributed by atoms with Crippen LogP contribution in [-0.2, 0) is 19.5 Å². The minimum Gasteiger partial charge on any atom is -0.293 e. The van der Waals surface area contributed by atoms with Crippen molar-refractivity contribution in [1.29, 1.82) is 0 Å². The van der Waals surface area contributed by atoms with Crippen molar-refractivity contribution < 1.29 is 0 Å². The number of aromatic amines is 1. The maximum atomic E-state index is 12.7. The van der Waals surface area contributed by atoms with Gasteiger partial charge in [-0.1, -0.05) is 35.3 Å². The van der Waals surface area contributed by atoms with Crippen molar-refractivity contribution in [3.63, 3.8) is 0 Å². The molecule has 0 aliphatic carbocycles. The molecule has 0 amide bonds. The number of hydrogen-bond acceptors (Lipinski definition) is 2. The second-order valence-corrected chi connectivity index (χ2v) is 7.15. The fourth-order valence-corrected chi connectivity index (χ4v) is 3.62. The van der Waals surface area contributed by atoms with Crippen LogP contribution in [0.1, 0.15) is 16.8 Å². The van der Waals surface area contributed by atoms with Crippen LogP contribution >= 0.6 is 23.2 Å². The van der Waals surface area contributed by atoms with Gasteiger partial charge in [-0.3, -0.25) is 14.8 Å². The monoisotopic (exact) mass is 373 g/mol. The van der Waals surface area contributed by atoms with Crippen LogP contribution in [-0.4, -0.2) is 21.2 Å². The quantitative estimate of drug-likeness (QED) is 0.752. The number of H-pyrrole nitrogens is 1. The number of fused-ring (bicyclic) bond motifs is 1. The highest BCUT2D eigenvalue weighted by Gasteiger charge is 2.23. The Morgan fingerprint density at radius 3 is 2.60 bits per heavy atom. The Kier molecular flexibility index (Phi) is 4.42. The van der Waals surface area contributed by atoms with E-state index < -0.39 is 0 Å². The highest BCUT2D eigenvalue weighted by molar-refractivity contribution is 6.30. The Bertz CT molecular complexity index is 960. The van der Waals surface area contributed by atoms with Crippen molar-refractivity contribution in [2.45, 2.75) is 19.5 Å². The average molecular weight is 374 g/mol. The molecule has 25 heavy (non-hydrogen) atoms. The molecule has 128 valence electrons. The van der Waals surface area contributed by atoms with Gasteiger partial charge in [0.15, 0.2) is 0 Å². The summed E-state index contributed by atoms with van der Waals surface area (Å²) in [6, 6.07) is 15.2. The summed E-state index contributed by atoms with van der Waals surface area (Å²) < 4.78 is 1.60. The van der Waals surface area contributed by atoms with Crippen LogP contribution in [0.4, 0.5) is 0 Å². The maximum Gasteiger partial charge on any atom is 0.274 e. The second kappa shape index (κ2) is 6.71. The Hall–Kier alpha value is -2.01. The summed E-state index contributed by atoms with van der Waals surface area (Å²) in [5.74, 6) is 0. The lowest BCUT2D eigenvalue weighted by Crippen LogP contribution is -2.31. The van der Waals surface area contributed by atoms with Crippen LogP contribution in [0.2, 0.25) is 10.0 Å². The van der Waals surface area contributed by atoms with Gasteiger partial charge in [-0.05, 0) is 48.4 Å². The first-order valence-electron chi connectivity index (χ1n) is 8.15. The molecule has 3 aromatic rings. The maximum absolute atomic E-state index is 12.7. The lowest BCUT2D eigenvalue weighted by molar-refractivity contribution is 0.242. The third-order valence-corrected chi connectivity index (χ3v) is 5.00. The third kappa shape index (κ3) is 3.38. The van der Waals surface area contributed by atoms with Crippen molar-refractivity contribution in [2.75, 3.05) is 6.54 Å². The van der Waals surface area contributed by atoms with Crippen molar-refractivity contribution in [3.05, 3.63) is 85.8 Å². The molecule has 0 spiro atoms. The van der Waals surface area contributed by atoms with Gasteiger partial charge in [-0.15, -0.1) is 0 Å². The summed E-state index contributed by atoms with van der Waals surface area (Å²) >= 11 is 12.0. The molecule has 0 unspecified atom stereocenters. The molecule has 0 radical (unpaired) electrons. The third-order valence-electron chi connectivity index (χ3n) is 4.51. The van der Waals surface area contributed by atoms with Gasteiger partial charge < -0.3 is 0 Å². The topological polar surface area (TPSA) is 41.0 Å². The van der Waals surface area contributed by atoms with E-state index in [0.717, 1.165) is 48.0 Å². The molecule has 1 aliphatic heterocycles. The highest BCUT2D eigenvalue weighted by Crippen LogP contribution is 2.20. The van der Waals surface area contributed by atoms with E-state index in [-0.39, 0.29) is 5.56 Å². The van der Waals surface area contributed by atoms with E-state index in [0.29, 0.717) is 5.02 Å². The number of halogens is 2. The van der Waals surface area contributed by atoms with Gasteiger partial charge in [0.2, 0.25) is 0 Å². The lowest BCUT2D eigenvalue weighted by atomic mass is 10.1. The molecule has 4 nitrogen and oxygen atoms in total. The van der Waals surface area contributed by atoms with E-state index in [4.69, 9.17) is 23.2 Å². The summed E-state index contributed by atoms with van der Waals surface area (Å²) in [7, 11) is 0. The molecular weight excluding hydrogens is 357 g/mol. The zero-order valence-corrected chi connectivity index (χ0v) is 15.0. The predicted octanol–water partition coefficient (Wildman–Crippen LogP) is 4.03. The number of nitrogens with one attached hydrogen (secondary N) is 1. The van der Waals surface area contributed by atoms with Gasteiger partial charge in [0.05, 0.1) is 11.4 Å². The van der Waals surface area contributed by atoms with E-state index in [1.54, 1.807) is 16.8 Å². The van der Waals surface area contributed by atoms with Gasteiger partial charge in [0, 0.05) is 35.2 Å². The first-order chi connectivity index (χ1) is 12.1. The minimum atomic E-state index is 0.0275. The van der Waals surface area contributed by atoms with Crippen molar-refractivity contribution >= 4 is 23.2 Å². The first-order valence-corrected chi connectivity index (χ1v) is 8.91. The van der Waals surface area contributed by atoms with Gasteiger partial charge >= 0.3 is 0 Å². The molecule has 1 aliphatic rings. The largest absolute Gasteiger partial charge is 0.293 e. The van der Waals surface area contributed by atoms with Crippen LogP contribution in [0.5, 0.6) is 0 Å². The summed E-state index contributed by atoms with van der Waals surface area (Å²) in [4.78, 5) is 15.0. The summed E-state index contributed by atoms with van der Waals surface area (Å²) in [6.45, 7) is 2.39. The lowest BCUT2D eigenvalue weighted by Gasteiger charge is -2.26. The van der Waals surface area contributed by atoms with E-state index in [1.165, 1.54) is 5.56 Å². The fraction of sp³-hybridized carbons (Fsp3) is 0.211. The van der Waals surface area contributed by atoms with Gasteiger partial charge in [-0.25, -0.2) is 4.68 Å². The zero-order valence-electron chi connectivity index (χ0n) is 13.5. The standard InChI is InChI=1S/C19H17Cl2N3O/c20-14-4-6-16(7-5-14)24-19(25)17-8-9-23(12-18(17)22-24)11-13-2-1-3-15(21)10-13/h1-7,10,22H,8-9,11-12H2. The summed E-state index contributed by atoms with van der Waals surface area (Å²) in [5, 5.41) is 4.66. The summed E-state index contributed by atoms with van der Waals surface area (Å²) in [6.07, 6.45) is 0.742. The molecule has 0 saturated carbocycles. The number of aromatic nitrogens is 2. The Morgan fingerprint density at radius 1 is 1.04 bits per heavy atom. The summed E-state index contributed by atoms with van der Waals surface area (Å²) in [5.41, 5.74) is 3.85. The molecule has 0 fully saturated rings. The first kappa shape index (κ1) is 16.5. The Labute approximate surface area is 155 Å². The van der Waals surface area contributed by atoms with E-state index >= 15 is 0 Å². The second-order valence-electron chi connectivity index (χ2n) is 6.28. The predicted molar refractivity (Wildman–Crippen MR) is 101 cm³/mol. The minimum absolute atomic E-state index is 0.0275. The van der Waals surface area contributed by atoms with Crippen LogP contribution in [0.3, 0.4) is 0 Å². The van der Waals surface area contributed by atoms with E-state index in [9.17, 15) is 4.79 Å². The van der Waals surface area contributed by atoms with Crippen molar-refractivity contribution in [2.24, 2.45) is 0 Å². The molecule has 2 aromatic carbocycles. The molecule has 1 aromatic heterocycles. The zero-order chi connectivity index (χ0) is 17.4. The number of benzene rings is 2. The van der Waals surface area contributed by atoms with Gasteiger partial charge in [0.25, 0.3) is 5.56 Å². The number of hydrogen-bond donors (Lipinski definition) is 1. The van der Waals surface area contributed by atoms with E-state index in [1.807, 2.05) is 30.3 Å². The Morgan fingerprint density at radius 2 is 1.84 bits per heavy atom. The van der Waals surface area contributed by atoms with Crippen LogP contribution in [0.25, 0.3) is 5.69 Å². The normalized spacial score (nSPS) is 14.5. The molecule has 0 bridgehead atoms. The fourth-order valence-electron chi connectivity index (χ4n) is 3.28. The number of rotatable bonds is 3. The molecule has 6 heteroatoms. The van der Waals surface area contributed by atoms with Gasteiger partial charge in [0.1, 0.15) is 0 Å². The van der Waals surface area contributed by atoms with Crippen LogP contribution in [0, 0.1) is 0 Å². The highest BCUT2D eigenvalue weighted by atomic mass is 35.5. The average Bonchev–Trinajstić information content (AvgIpc) is 2.92. The number of nitrogens with zero attached hydrogens (tertiary/aromatic N) is 2. The molecule has 0 saturated heterocycles. The SMILES string of the molecule is O=c1c2c([nH]n1-c1ccc(Cl)cc1)CN(Cc1cccc(Cl)c1)CC2. The van der Waals surface area contributed by atoms with Crippen LogP contribution < -0.4 is 5.56 Å². The van der Waals surface area contributed by atoms with Gasteiger partial charge in [-0.2, -0.15) is 0 Å². The molecular formula is C19H17Cl2N3O. The van der Waals surface area contributed by atoms with Crippen molar-refractivity contribution in [1.82, 2.24) is 14.7 Å². The molecule has 0 atom stereocenters. The van der Waals surface area contributed by atoms with E-state index in [2.05, 4.69) is 16.1 Å². The molecule has 1 N–H and O–H groups in total. The van der Waals surface area contributed by atoms with Crippen molar-refractivity contribution in [3.8, 4) is 5.69 Å².